The monoisotopic (exact) mass is 227 g/mol. The molecule has 0 heterocycles. The van der Waals surface area contributed by atoms with Crippen molar-refractivity contribution in [3.8, 4) is 0 Å². The fourth-order valence-corrected chi connectivity index (χ4v) is 2.39. The predicted octanol–water partition coefficient (Wildman–Crippen LogP) is 2.61. The molecule has 16 heavy (non-hydrogen) atoms. The van der Waals surface area contributed by atoms with Crippen LogP contribution < -0.4 is 0 Å². The standard InChI is InChI=1S/C13H25NO2/c1-4-10(5-2)9-14(6-3)12(13(15)16)11-7-8-11/h10-12H,4-9H2,1-3H3,(H,15,16). The maximum atomic E-state index is 11.3. The third kappa shape index (κ3) is 3.48. The average Bonchev–Trinajstić information content (AvgIpc) is 3.07. The molecule has 0 aliphatic heterocycles. The normalized spacial score (nSPS) is 18.1. The van der Waals surface area contributed by atoms with E-state index in [0.29, 0.717) is 11.8 Å². The molecular formula is C13H25NO2. The van der Waals surface area contributed by atoms with E-state index < -0.39 is 5.97 Å². The van der Waals surface area contributed by atoms with Crippen molar-refractivity contribution in [1.82, 2.24) is 4.90 Å². The fourth-order valence-electron chi connectivity index (χ4n) is 2.39. The number of nitrogens with zero attached hydrogens (tertiary/aromatic N) is 1. The van der Waals surface area contributed by atoms with Gasteiger partial charge in [-0.3, -0.25) is 9.69 Å². The molecule has 1 unspecified atom stereocenters. The number of carboxylic acid groups (broad SMARTS) is 1. The zero-order chi connectivity index (χ0) is 12.1. The van der Waals surface area contributed by atoms with Crippen LogP contribution in [0.4, 0.5) is 0 Å². The first kappa shape index (κ1) is 13.5. The summed E-state index contributed by atoms with van der Waals surface area (Å²) in [4.78, 5) is 13.5. The lowest BCUT2D eigenvalue weighted by atomic mass is 10.0. The number of carboxylic acids is 1. The van der Waals surface area contributed by atoms with Crippen LogP contribution in [0.25, 0.3) is 0 Å². The number of rotatable bonds is 8. The van der Waals surface area contributed by atoms with Crippen molar-refractivity contribution in [1.29, 1.82) is 0 Å². The molecule has 0 bridgehead atoms. The average molecular weight is 227 g/mol. The number of likely N-dealkylation sites (N-methyl/N-ethyl adjacent to an activating group) is 1. The van der Waals surface area contributed by atoms with Crippen LogP contribution in [0.1, 0.15) is 46.5 Å². The van der Waals surface area contributed by atoms with Gasteiger partial charge in [0.15, 0.2) is 0 Å². The third-order valence-corrected chi connectivity index (χ3v) is 3.77. The van der Waals surface area contributed by atoms with Gasteiger partial charge in [0.05, 0.1) is 0 Å². The third-order valence-electron chi connectivity index (χ3n) is 3.77. The summed E-state index contributed by atoms with van der Waals surface area (Å²) in [6, 6.07) is -0.231. The molecule has 1 rings (SSSR count). The van der Waals surface area contributed by atoms with Crippen LogP contribution in [0.5, 0.6) is 0 Å². The summed E-state index contributed by atoms with van der Waals surface area (Å²) in [6.45, 7) is 8.24. The quantitative estimate of drug-likeness (QED) is 0.693. The molecule has 0 amide bonds. The number of aliphatic carboxylic acids is 1. The van der Waals surface area contributed by atoms with E-state index in [0.717, 1.165) is 38.8 Å². The lowest BCUT2D eigenvalue weighted by Crippen LogP contribution is -2.45. The van der Waals surface area contributed by atoms with Crippen LogP contribution in [0.2, 0.25) is 0 Å². The molecule has 0 aromatic rings. The van der Waals surface area contributed by atoms with Gasteiger partial charge in [0.1, 0.15) is 6.04 Å². The Morgan fingerprint density at radius 1 is 1.31 bits per heavy atom. The SMILES string of the molecule is CCC(CC)CN(CC)C(C(=O)O)C1CC1. The van der Waals surface area contributed by atoms with Gasteiger partial charge in [-0.15, -0.1) is 0 Å². The topological polar surface area (TPSA) is 40.5 Å². The van der Waals surface area contributed by atoms with E-state index in [9.17, 15) is 9.90 Å². The van der Waals surface area contributed by atoms with Crippen LogP contribution in [-0.2, 0) is 4.79 Å². The summed E-state index contributed by atoms with van der Waals surface area (Å²) in [7, 11) is 0. The molecule has 3 nitrogen and oxygen atoms in total. The Bertz CT molecular complexity index is 222. The first-order valence-corrected chi connectivity index (χ1v) is 6.60. The van der Waals surface area contributed by atoms with Gasteiger partial charge in [-0.1, -0.05) is 33.6 Å². The van der Waals surface area contributed by atoms with E-state index in [2.05, 4.69) is 25.7 Å². The van der Waals surface area contributed by atoms with E-state index in [-0.39, 0.29) is 6.04 Å². The van der Waals surface area contributed by atoms with E-state index in [1.165, 1.54) is 0 Å². The Morgan fingerprint density at radius 3 is 2.19 bits per heavy atom. The molecule has 1 N–H and O–H groups in total. The Labute approximate surface area is 98.8 Å². The Morgan fingerprint density at radius 2 is 1.88 bits per heavy atom. The van der Waals surface area contributed by atoms with E-state index in [1.54, 1.807) is 0 Å². The molecule has 1 aliphatic carbocycles. The van der Waals surface area contributed by atoms with Gasteiger partial charge in [-0.25, -0.2) is 0 Å². The van der Waals surface area contributed by atoms with Gasteiger partial charge < -0.3 is 5.11 Å². The van der Waals surface area contributed by atoms with Gasteiger partial charge in [-0.2, -0.15) is 0 Å². The first-order chi connectivity index (χ1) is 7.63. The summed E-state index contributed by atoms with van der Waals surface area (Å²) in [5, 5.41) is 9.30. The maximum Gasteiger partial charge on any atom is 0.321 e. The van der Waals surface area contributed by atoms with Crippen molar-refractivity contribution in [3.63, 3.8) is 0 Å². The molecule has 1 fully saturated rings. The second-order valence-corrected chi connectivity index (χ2v) is 4.89. The van der Waals surface area contributed by atoms with Crippen molar-refractivity contribution >= 4 is 5.97 Å². The zero-order valence-electron chi connectivity index (χ0n) is 10.8. The minimum atomic E-state index is -0.629. The van der Waals surface area contributed by atoms with Crippen LogP contribution in [-0.4, -0.2) is 35.1 Å². The molecule has 1 saturated carbocycles. The number of carbonyl (C=O) groups is 1. The lowest BCUT2D eigenvalue weighted by molar-refractivity contribution is -0.144. The summed E-state index contributed by atoms with van der Waals surface area (Å²) in [5.41, 5.74) is 0. The molecule has 0 spiro atoms. The minimum Gasteiger partial charge on any atom is -0.480 e. The highest BCUT2D eigenvalue weighted by molar-refractivity contribution is 5.74. The second kappa shape index (κ2) is 6.24. The molecule has 1 atom stereocenters. The zero-order valence-corrected chi connectivity index (χ0v) is 10.8. The number of hydrogen-bond acceptors (Lipinski definition) is 2. The van der Waals surface area contributed by atoms with Crippen molar-refractivity contribution in [2.75, 3.05) is 13.1 Å². The summed E-state index contributed by atoms with van der Waals surface area (Å²) >= 11 is 0. The highest BCUT2D eigenvalue weighted by atomic mass is 16.4. The largest absolute Gasteiger partial charge is 0.480 e. The Balaban J connectivity index is 2.59. The lowest BCUT2D eigenvalue weighted by Gasteiger charge is -2.30. The molecule has 0 saturated heterocycles. The summed E-state index contributed by atoms with van der Waals surface area (Å²) in [5.74, 6) is 0.419. The van der Waals surface area contributed by atoms with Crippen LogP contribution in [0.3, 0.4) is 0 Å². The predicted molar refractivity (Wildman–Crippen MR) is 65.5 cm³/mol. The van der Waals surface area contributed by atoms with Crippen LogP contribution in [0.15, 0.2) is 0 Å². The van der Waals surface area contributed by atoms with Gasteiger partial charge >= 0.3 is 5.97 Å². The Hall–Kier alpha value is -0.570. The summed E-state index contributed by atoms with van der Waals surface area (Å²) < 4.78 is 0. The van der Waals surface area contributed by atoms with Gasteiger partial charge in [-0.05, 0) is 31.2 Å². The van der Waals surface area contributed by atoms with Crippen LogP contribution >= 0.6 is 0 Å². The molecule has 1 aliphatic rings. The molecule has 0 radical (unpaired) electrons. The van der Waals surface area contributed by atoms with Crippen molar-refractivity contribution in [2.45, 2.75) is 52.5 Å². The van der Waals surface area contributed by atoms with E-state index in [4.69, 9.17) is 0 Å². The smallest absolute Gasteiger partial charge is 0.321 e. The minimum absolute atomic E-state index is 0.231. The van der Waals surface area contributed by atoms with Crippen molar-refractivity contribution < 1.29 is 9.90 Å². The second-order valence-electron chi connectivity index (χ2n) is 4.89. The molecule has 94 valence electrons. The van der Waals surface area contributed by atoms with E-state index >= 15 is 0 Å². The number of hydrogen-bond donors (Lipinski definition) is 1. The fraction of sp³-hybridized carbons (Fsp3) is 0.923. The summed E-state index contributed by atoms with van der Waals surface area (Å²) in [6.07, 6.45) is 4.47. The first-order valence-electron chi connectivity index (χ1n) is 6.60. The highest BCUT2D eigenvalue weighted by Crippen LogP contribution is 2.36. The highest BCUT2D eigenvalue weighted by Gasteiger charge is 2.39. The van der Waals surface area contributed by atoms with Gasteiger partial charge in [0.25, 0.3) is 0 Å². The van der Waals surface area contributed by atoms with Crippen molar-refractivity contribution in [2.24, 2.45) is 11.8 Å². The van der Waals surface area contributed by atoms with Crippen molar-refractivity contribution in [3.05, 3.63) is 0 Å². The molecule has 0 aromatic carbocycles. The molecule has 3 heteroatoms. The van der Waals surface area contributed by atoms with E-state index in [1.807, 2.05) is 0 Å². The molecular weight excluding hydrogens is 202 g/mol. The maximum absolute atomic E-state index is 11.3. The van der Waals surface area contributed by atoms with Gasteiger partial charge in [0, 0.05) is 6.54 Å². The molecule has 0 aromatic heterocycles. The van der Waals surface area contributed by atoms with Gasteiger partial charge in [0.2, 0.25) is 0 Å². The Kier molecular flexibility index (Phi) is 5.26. The van der Waals surface area contributed by atoms with Crippen LogP contribution in [0, 0.1) is 11.8 Å².